The third-order valence-electron chi connectivity index (χ3n) is 4.72. The molecule has 88 valence electrons. The van der Waals surface area contributed by atoms with Crippen molar-refractivity contribution in [1.82, 2.24) is 0 Å². The topological polar surface area (TPSA) is 9.23 Å². The monoisotopic (exact) mass is 226 g/mol. The van der Waals surface area contributed by atoms with Gasteiger partial charge in [0.15, 0.2) is 0 Å². The SMILES string of the molecule is C1=CC2OC3CCCCC3C2c2ccccc21. The Kier molecular flexibility index (Phi) is 2.16. The molecule has 0 spiro atoms. The van der Waals surface area contributed by atoms with E-state index >= 15 is 0 Å². The van der Waals surface area contributed by atoms with Gasteiger partial charge in [-0.3, -0.25) is 0 Å². The average Bonchev–Trinajstić information content (AvgIpc) is 2.77. The molecule has 4 rings (SSSR count). The smallest absolute Gasteiger partial charge is 0.0835 e. The van der Waals surface area contributed by atoms with Crippen LogP contribution < -0.4 is 0 Å². The highest BCUT2D eigenvalue weighted by Crippen LogP contribution is 2.49. The van der Waals surface area contributed by atoms with Gasteiger partial charge >= 0.3 is 0 Å². The molecule has 0 bridgehead atoms. The lowest BCUT2D eigenvalue weighted by Crippen LogP contribution is -2.24. The molecule has 1 heteroatoms. The molecule has 17 heavy (non-hydrogen) atoms. The minimum absolute atomic E-state index is 0.345. The number of benzene rings is 1. The molecule has 1 heterocycles. The molecule has 1 aliphatic heterocycles. The molecule has 0 aromatic heterocycles. The van der Waals surface area contributed by atoms with E-state index in [9.17, 15) is 0 Å². The van der Waals surface area contributed by atoms with E-state index in [1.54, 1.807) is 0 Å². The van der Waals surface area contributed by atoms with E-state index in [4.69, 9.17) is 4.74 Å². The van der Waals surface area contributed by atoms with Crippen LogP contribution in [0, 0.1) is 5.92 Å². The standard InChI is InChI=1S/C16H18O/c1-2-6-12-11(5-1)9-10-15-16(12)13-7-3-4-8-14(13)17-15/h1-2,5-6,9-10,13-16H,3-4,7-8H2. The van der Waals surface area contributed by atoms with Gasteiger partial charge in [-0.2, -0.15) is 0 Å². The van der Waals surface area contributed by atoms with Crippen LogP contribution in [0.5, 0.6) is 0 Å². The molecule has 0 radical (unpaired) electrons. The van der Waals surface area contributed by atoms with Crippen molar-refractivity contribution in [2.75, 3.05) is 0 Å². The maximum absolute atomic E-state index is 6.24. The second kappa shape index (κ2) is 3.71. The van der Waals surface area contributed by atoms with Crippen LogP contribution in [0.25, 0.3) is 6.08 Å². The third-order valence-corrected chi connectivity index (χ3v) is 4.72. The van der Waals surface area contributed by atoms with Crippen LogP contribution in [0.4, 0.5) is 0 Å². The lowest BCUT2D eigenvalue weighted by Gasteiger charge is -2.29. The van der Waals surface area contributed by atoms with Gasteiger partial charge in [-0.1, -0.05) is 49.3 Å². The number of fused-ring (bicyclic) bond motifs is 5. The molecule has 0 N–H and O–H groups in total. The Morgan fingerprint density at radius 2 is 1.94 bits per heavy atom. The summed E-state index contributed by atoms with van der Waals surface area (Å²) in [6.45, 7) is 0. The van der Waals surface area contributed by atoms with Crippen molar-refractivity contribution >= 4 is 6.08 Å². The zero-order valence-corrected chi connectivity index (χ0v) is 10.0. The normalized spacial score (nSPS) is 38.4. The summed E-state index contributed by atoms with van der Waals surface area (Å²) in [6, 6.07) is 8.85. The van der Waals surface area contributed by atoms with Crippen molar-refractivity contribution in [1.29, 1.82) is 0 Å². The fourth-order valence-electron chi connectivity index (χ4n) is 3.97. The summed E-state index contributed by atoms with van der Waals surface area (Å²) in [5.41, 5.74) is 2.93. The maximum atomic E-state index is 6.24. The van der Waals surface area contributed by atoms with Crippen LogP contribution in [0.1, 0.15) is 42.7 Å². The van der Waals surface area contributed by atoms with Gasteiger partial charge < -0.3 is 4.74 Å². The summed E-state index contributed by atoms with van der Waals surface area (Å²) in [5, 5.41) is 0. The van der Waals surface area contributed by atoms with Crippen molar-refractivity contribution < 1.29 is 4.74 Å². The number of hydrogen-bond acceptors (Lipinski definition) is 1. The van der Waals surface area contributed by atoms with Gasteiger partial charge in [0.1, 0.15) is 0 Å². The van der Waals surface area contributed by atoms with Gasteiger partial charge in [-0.05, 0) is 29.9 Å². The van der Waals surface area contributed by atoms with E-state index in [1.165, 1.54) is 36.8 Å². The van der Waals surface area contributed by atoms with Crippen LogP contribution in [-0.2, 0) is 4.74 Å². The molecule has 4 atom stereocenters. The molecule has 2 fully saturated rings. The number of rotatable bonds is 0. The van der Waals surface area contributed by atoms with Crippen molar-refractivity contribution in [2.24, 2.45) is 5.92 Å². The molecule has 4 unspecified atom stereocenters. The maximum Gasteiger partial charge on any atom is 0.0835 e. The molecule has 1 saturated heterocycles. The third kappa shape index (κ3) is 1.42. The zero-order valence-electron chi connectivity index (χ0n) is 10.0. The Morgan fingerprint density at radius 1 is 1.06 bits per heavy atom. The van der Waals surface area contributed by atoms with E-state index in [2.05, 4.69) is 36.4 Å². The molecule has 3 aliphatic rings. The number of hydrogen-bond donors (Lipinski definition) is 0. The van der Waals surface area contributed by atoms with Crippen LogP contribution >= 0.6 is 0 Å². The highest BCUT2D eigenvalue weighted by Gasteiger charge is 2.46. The molecular formula is C16H18O. The lowest BCUT2D eigenvalue weighted by atomic mass is 9.72. The van der Waals surface area contributed by atoms with E-state index < -0.39 is 0 Å². The van der Waals surface area contributed by atoms with Crippen LogP contribution in [0.3, 0.4) is 0 Å². The molecule has 1 nitrogen and oxygen atoms in total. The molecule has 0 amide bonds. The molecule has 1 saturated carbocycles. The summed E-state index contributed by atoms with van der Waals surface area (Å²) >= 11 is 0. The Morgan fingerprint density at radius 3 is 2.94 bits per heavy atom. The predicted octanol–water partition coefficient (Wildman–Crippen LogP) is 3.75. The quantitative estimate of drug-likeness (QED) is 0.654. The minimum atomic E-state index is 0.345. The van der Waals surface area contributed by atoms with Gasteiger partial charge in [0.2, 0.25) is 0 Å². The van der Waals surface area contributed by atoms with Gasteiger partial charge in [-0.15, -0.1) is 0 Å². The second-order valence-corrected chi connectivity index (χ2v) is 5.60. The molecule has 1 aromatic rings. The Hall–Kier alpha value is -1.08. The zero-order chi connectivity index (χ0) is 11.2. The highest BCUT2D eigenvalue weighted by molar-refractivity contribution is 5.59. The summed E-state index contributed by atoms with van der Waals surface area (Å²) < 4.78 is 6.24. The minimum Gasteiger partial charge on any atom is -0.370 e. The number of ether oxygens (including phenoxy) is 1. The van der Waals surface area contributed by atoms with E-state index in [0.717, 1.165) is 5.92 Å². The predicted molar refractivity (Wildman–Crippen MR) is 68.8 cm³/mol. The van der Waals surface area contributed by atoms with E-state index in [0.29, 0.717) is 18.1 Å². The lowest BCUT2D eigenvalue weighted by molar-refractivity contribution is 0.0381. The summed E-state index contributed by atoms with van der Waals surface area (Å²) in [7, 11) is 0. The largest absolute Gasteiger partial charge is 0.370 e. The van der Waals surface area contributed by atoms with Crippen molar-refractivity contribution in [3.63, 3.8) is 0 Å². The fourth-order valence-corrected chi connectivity index (χ4v) is 3.97. The first-order valence-corrected chi connectivity index (χ1v) is 6.86. The summed E-state index contributed by atoms with van der Waals surface area (Å²) in [6.07, 6.45) is 10.8. The highest BCUT2D eigenvalue weighted by atomic mass is 16.5. The first kappa shape index (κ1) is 9.90. The molecule has 1 aromatic carbocycles. The van der Waals surface area contributed by atoms with E-state index in [-0.39, 0.29) is 0 Å². The first-order valence-electron chi connectivity index (χ1n) is 6.86. The fraction of sp³-hybridized carbons (Fsp3) is 0.500. The molecular weight excluding hydrogens is 208 g/mol. The average molecular weight is 226 g/mol. The van der Waals surface area contributed by atoms with Gasteiger partial charge in [0.05, 0.1) is 12.2 Å². The Labute approximate surface area is 102 Å². The van der Waals surface area contributed by atoms with Crippen LogP contribution in [0.2, 0.25) is 0 Å². The second-order valence-electron chi connectivity index (χ2n) is 5.60. The Bertz CT molecular complexity index is 462. The van der Waals surface area contributed by atoms with Gasteiger partial charge in [-0.25, -0.2) is 0 Å². The van der Waals surface area contributed by atoms with Gasteiger partial charge in [0.25, 0.3) is 0 Å². The Balaban J connectivity index is 1.78. The van der Waals surface area contributed by atoms with Crippen LogP contribution in [-0.4, -0.2) is 12.2 Å². The molecule has 2 aliphatic carbocycles. The summed E-state index contributed by atoms with van der Waals surface area (Å²) in [5.74, 6) is 1.39. The first-order chi connectivity index (χ1) is 8.43. The van der Waals surface area contributed by atoms with E-state index in [1.807, 2.05) is 0 Å². The van der Waals surface area contributed by atoms with Crippen molar-refractivity contribution in [2.45, 2.75) is 43.8 Å². The van der Waals surface area contributed by atoms with Gasteiger partial charge in [0, 0.05) is 5.92 Å². The summed E-state index contributed by atoms with van der Waals surface area (Å²) in [4.78, 5) is 0. The van der Waals surface area contributed by atoms with Crippen molar-refractivity contribution in [3.8, 4) is 0 Å². The van der Waals surface area contributed by atoms with Crippen molar-refractivity contribution in [3.05, 3.63) is 41.5 Å². The van der Waals surface area contributed by atoms with Crippen LogP contribution in [0.15, 0.2) is 30.3 Å².